The summed E-state index contributed by atoms with van der Waals surface area (Å²) >= 11 is 0. The average Bonchev–Trinajstić information content (AvgIpc) is 2.68. The van der Waals surface area contributed by atoms with Crippen LogP contribution in [0.15, 0.2) is 0 Å². The van der Waals surface area contributed by atoms with Crippen LogP contribution in [0.5, 0.6) is 0 Å². The molecular weight excluding hydrogens is 504 g/mol. The summed E-state index contributed by atoms with van der Waals surface area (Å²) < 4.78 is 58.5. The lowest BCUT2D eigenvalue weighted by molar-refractivity contribution is -0.125. The van der Waals surface area contributed by atoms with Crippen molar-refractivity contribution in [3.63, 3.8) is 0 Å². The summed E-state index contributed by atoms with van der Waals surface area (Å²) in [6.45, 7) is 10.6. The third kappa shape index (κ3) is 26.6. The molecule has 0 saturated carbocycles. The molecule has 208 valence electrons. The summed E-state index contributed by atoms with van der Waals surface area (Å²) in [6.07, 6.45) is 1.69. The molecule has 0 bridgehead atoms. The minimum absolute atomic E-state index is 0.0116. The van der Waals surface area contributed by atoms with Crippen molar-refractivity contribution < 1.29 is 40.3 Å². The van der Waals surface area contributed by atoms with Gasteiger partial charge in [0.05, 0.1) is 24.6 Å². The van der Waals surface area contributed by atoms with Gasteiger partial charge in [-0.1, -0.05) is 34.6 Å². The lowest BCUT2D eigenvalue weighted by Gasteiger charge is -2.22. The molecule has 3 amide bonds. The van der Waals surface area contributed by atoms with Crippen LogP contribution in [0.1, 0.15) is 47.5 Å². The van der Waals surface area contributed by atoms with Crippen LogP contribution in [0.4, 0.5) is 0 Å². The normalized spacial score (nSPS) is 11.7. The van der Waals surface area contributed by atoms with Crippen LogP contribution in [0.3, 0.4) is 0 Å². The zero-order valence-electron chi connectivity index (χ0n) is 21.2. The monoisotopic (exact) mass is 546 g/mol. The fraction of sp³-hybridized carbons (Fsp3) is 0.850. The smallest absolute Gasteiger partial charge is 0.266 e. The van der Waals surface area contributed by atoms with E-state index in [0.29, 0.717) is 19.0 Å². The van der Waals surface area contributed by atoms with E-state index in [9.17, 15) is 31.2 Å². The number of hydrogen-bond acceptors (Lipinski definition) is 8. The molecule has 15 heteroatoms. The molecule has 35 heavy (non-hydrogen) atoms. The highest BCUT2D eigenvalue weighted by Gasteiger charge is 2.15. The molecule has 0 rings (SSSR count). The molecule has 0 aliphatic carbocycles. The quantitative estimate of drug-likeness (QED) is 0.157. The van der Waals surface area contributed by atoms with Gasteiger partial charge in [0.15, 0.2) is 0 Å². The van der Waals surface area contributed by atoms with Crippen LogP contribution in [0, 0.1) is 11.8 Å². The summed E-state index contributed by atoms with van der Waals surface area (Å²) in [6, 6.07) is 0. The van der Waals surface area contributed by atoms with Gasteiger partial charge in [0.1, 0.15) is 0 Å². The van der Waals surface area contributed by atoms with Gasteiger partial charge in [-0.3, -0.25) is 28.4 Å². The summed E-state index contributed by atoms with van der Waals surface area (Å²) in [5.41, 5.74) is 0. The number of amides is 3. The zero-order valence-corrected chi connectivity index (χ0v) is 22.9. The molecule has 0 atom stereocenters. The molecule has 0 aliphatic heterocycles. The predicted octanol–water partition coefficient (Wildman–Crippen LogP) is -0.489. The Morgan fingerprint density at radius 1 is 0.771 bits per heavy atom. The number of carbonyl (C=O) groups excluding carboxylic acids is 3. The highest BCUT2D eigenvalue weighted by atomic mass is 32.2. The molecule has 0 spiro atoms. The minimum atomic E-state index is -4.09. The van der Waals surface area contributed by atoms with Crippen molar-refractivity contribution in [1.29, 1.82) is 0 Å². The van der Waals surface area contributed by atoms with Gasteiger partial charge in [-0.25, -0.2) is 0 Å². The minimum Gasteiger partial charge on any atom is -0.355 e. The fourth-order valence-corrected chi connectivity index (χ4v) is 2.98. The largest absolute Gasteiger partial charge is 0.355 e. The summed E-state index contributed by atoms with van der Waals surface area (Å²) in [7, 11) is -8.05. The van der Waals surface area contributed by atoms with E-state index in [1.807, 2.05) is 6.92 Å². The molecule has 5 N–H and O–H groups in total. The van der Waals surface area contributed by atoms with Gasteiger partial charge in [0, 0.05) is 25.6 Å². The maximum absolute atomic E-state index is 11.8. The van der Waals surface area contributed by atoms with Crippen molar-refractivity contribution in [1.82, 2.24) is 20.9 Å². The lowest BCUT2D eigenvalue weighted by Crippen LogP contribution is -2.44. The Bertz CT molecular complexity index is 845. The Kier molecular flexibility index (Phi) is 18.6. The second-order valence-electron chi connectivity index (χ2n) is 8.61. The Hall–Kier alpha value is -1.81. The van der Waals surface area contributed by atoms with Crippen LogP contribution in [-0.4, -0.2) is 99.3 Å². The standard InChI is InChI=1S/C14H29N3O5S.C6H13NO4S/c1-4-6-15-13(18)10-17(8-5-12(2)3)11-14(19)16-7-9-23(20,21)22;1-5(2)6(8)7-3-4-12(9,10)11/h12H,4-11H2,1-3H3,(H,15,18)(H,16,19)(H,20,21,22);5H,3-4H2,1-2H3,(H,7,8)(H,9,10,11). The van der Waals surface area contributed by atoms with E-state index >= 15 is 0 Å². The van der Waals surface area contributed by atoms with Crippen molar-refractivity contribution in [3.05, 3.63) is 0 Å². The van der Waals surface area contributed by atoms with Gasteiger partial charge in [0.25, 0.3) is 20.2 Å². The first-order valence-electron chi connectivity index (χ1n) is 11.4. The second-order valence-corrected chi connectivity index (χ2v) is 11.8. The molecule has 0 heterocycles. The maximum Gasteiger partial charge on any atom is 0.266 e. The van der Waals surface area contributed by atoms with Crippen LogP contribution in [-0.2, 0) is 34.6 Å². The first-order valence-corrected chi connectivity index (χ1v) is 14.6. The van der Waals surface area contributed by atoms with E-state index in [2.05, 4.69) is 29.8 Å². The van der Waals surface area contributed by atoms with Gasteiger partial charge in [-0.05, 0) is 25.3 Å². The lowest BCUT2D eigenvalue weighted by atomic mass is 10.1. The van der Waals surface area contributed by atoms with E-state index in [1.54, 1.807) is 18.7 Å². The van der Waals surface area contributed by atoms with Crippen LogP contribution < -0.4 is 16.0 Å². The van der Waals surface area contributed by atoms with Crippen LogP contribution >= 0.6 is 0 Å². The molecular formula is C20H42N4O9S2. The van der Waals surface area contributed by atoms with E-state index in [1.165, 1.54) is 0 Å². The highest BCUT2D eigenvalue weighted by molar-refractivity contribution is 7.86. The van der Waals surface area contributed by atoms with Crippen molar-refractivity contribution in [2.24, 2.45) is 11.8 Å². The molecule has 0 aromatic rings. The average molecular weight is 547 g/mol. The van der Waals surface area contributed by atoms with E-state index in [0.717, 1.165) is 12.8 Å². The number of hydrogen-bond donors (Lipinski definition) is 5. The van der Waals surface area contributed by atoms with Crippen molar-refractivity contribution >= 4 is 38.0 Å². The van der Waals surface area contributed by atoms with Crippen LogP contribution in [0.25, 0.3) is 0 Å². The molecule has 0 aliphatic rings. The van der Waals surface area contributed by atoms with E-state index < -0.39 is 31.7 Å². The van der Waals surface area contributed by atoms with Gasteiger partial charge < -0.3 is 16.0 Å². The first-order chi connectivity index (χ1) is 16.0. The Morgan fingerprint density at radius 2 is 1.20 bits per heavy atom. The Morgan fingerprint density at radius 3 is 1.57 bits per heavy atom. The van der Waals surface area contributed by atoms with E-state index in [-0.39, 0.29) is 49.8 Å². The SMILES string of the molecule is CC(C)C(=O)NCCS(=O)(=O)O.CCCNC(=O)CN(CCC(C)C)CC(=O)NCCS(=O)(=O)O. The summed E-state index contributed by atoms with van der Waals surface area (Å²) in [5, 5.41) is 7.54. The molecule has 0 unspecified atom stereocenters. The molecule has 0 aromatic carbocycles. The highest BCUT2D eigenvalue weighted by Crippen LogP contribution is 2.02. The molecule has 0 aromatic heterocycles. The van der Waals surface area contributed by atoms with Gasteiger partial charge in [-0.2, -0.15) is 16.8 Å². The Balaban J connectivity index is 0. The van der Waals surface area contributed by atoms with Crippen molar-refractivity contribution in [2.45, 2.75) is 47.5 Å². The van der Waals surface area contributed by atoms with Gasteiger partial charge in [0.2, 0.25) is 17.7 Å². The Labute approximate surface area is 209 Å². The third-order valence-electron chi connectivity index (χ3n) is 4.20. The van der Waals surface area contributed by atoms with E-state index in [4.69, 9.17) is 9.11 Å². The first kappa shape index (κ1) is 35.4. The summed E-state index contributed by atoms with van der Waals surface area (Å²) in [4.78, 5) is 36.2. The molecule has 0 radical (unpaired) electrons. The number of rotatable bonds is 16. The van der Waals surface area contributed by atoms with Crippen LogP contribution in [0.2, 0.25) is 0 Å². The summed E-state index contributed by atoms with van der Waals surface area (Å²) in [5.74, 6) is -1.43. The molecule has 0 saturated heterocycles. The second kappa shape index (κ2) is 18.5. The maximum atomic E-state index is 11.8. The number of nitrogens with zero attached hydrogens (tertiary/aromatic N) is 1. The molecule has 13 nitrogen and oxygen atoms in total. The molecule has 0 fully saturated rings. The third-order valence-corrected chi connectivity index (χ3v) is 5.64. The van der Waals surface area contributed by atoms with Gasteiger partial charge in [-0.15, -0.1) is 0 Å². The predicted molar refractivity (Wildman–Crippen MR) is 133 cm³/mol. The topological polar surface area (TPSA) is 199 Å². The van der Waals surface area contributed by atoms with Gasteiger partial charge >= 0.3 is 0 Å². The fourth-order valence-electron chi connectivity index (χ4n) is 2.26. The van der Waals surface area contributed by atoms with Crippen molar-refractivity contribution in [3.8, 4) is 0 Å². The van der Waals surface area contributed by atoms with Crippen molar-refractivity contribution in [2.75, 3.05) is 50.8 Å². The number of nitrogens with one attached hydrogen (secondary N) is 3. The number of carbonyl (C=O) groups is 3. The zero-order chi connectivity index (χ0) is 27.7.